The number of carbonyl (C=O) groups is 2. The summed E-state index contributed by atoms with van der Waals surface area (Å²) in [5, 5.41) is 14.5. The van der Waals surface area contributed by atoms with E-state index >= 15 is 0 Å². The third kappa shape index (κ3) is 5.17. The van der Waals surface area contributed by atoms with Gasteiger partial charge in [-0.15, -0.1) is 0 Å². The second-order valence-electron chi connectivity index (χ2n) is 6.21. The molecule has 2 aromatic carbocycles. The van der Waals surface area contributed by atoms with E-state index in [0.29, 0.717) is 11.2 Å². The van der Waals surface area contributed by atoms with Crippen LogP contribution in [0, 0.1) is 5.21 Å². The number of aromatic nitrogens is 1. The molecule has 0 aliphatic rings. The van der Waals surface area contributed by atoms with E-state index in [1.54, 1.807) is 6.07 Å². The number of benzene rings is 2. The van der Waals surface area contributed by atoms with Gasteiger partial charge in [0, 0.05) is 12.1 Å². The van der Waals surface area contributed by atoms with Crippen LogP contribution in [0.15, 0.2) is 85.1 Å². The molecule has 0 unspecified atom stereocenters. The van der Waals surface area contributed by atoms with Gasteiger partial charge in [0.25, 0.3) is 5.91 Å². The Morgan fingerprint density at radius 1 is 0.929 bits per heavy atom. The van der Waals surface area contributed by atoms with Crippen molar-refractivity contribution in [1.82, 2.24) is 5.32 Å². The number of hydrogen-bond donors (Lipinski definition) is 1. The Labute approximate surface area is 163 Å². The second-order valence-corrected chi connectivity index (χ2v) is 6.21. The molecule has 6 heteroatoms. The van der Waals surface area contributed by atoms with Crippen molar-refractivity contribution >= 4 is 11.9 Å². The minimum absolute atomic E-state index is 0.167. The first-order valence-electron chi connectivity index (χ1n) is 8.87. The zero-order valence-electron chi connectivity index (χ0n) is 15.2. The number of amides is 1. The van der Waals surface area contributed by atoms with Gasteiger partial charge in [0.05, 0.1) is 6.04 Å². The summed E-state index contributed by atoms with van der Waals surface area (Å²) in [5.74, 6) is -1.28. The van der Waals surface area contributed by atoms with Gasteiger partial charge in [-0.25, -0.2) is 4.79 Å². The average Bonchev–Trinajstić information content (AvgIpc) is 2.73. The minimum Gasteiger partial charge on any atom is -0.618 e. The molecular weight excluding hydrogens is 356 g/mol. The minimum atomic E-state index is -0.843. The Balaban J connectivity index is 1.64. The molecular formula is C22H20N2O4. The number of carbonyl (C=O) groups excluding carboxylic acids is 2. The van der Waals surface area contributed by atoms with E-state index in [9.17, 15) is 14.8 Å². The first kappa shape index (κ1) is 19.1. The van der Waals surface area contributed by atoms with Gasteiger partial charge in [0.2, 0.25) is 0 Å². The molecule has 1 heterocycles. The van der Waals surface area contributed by atoms with Crippen LogP contribution in [0.5, 0.6) is 0 Å². The van der Waals surface area contributed by atoms with Crippen LogP contribution in [0.1, 0.15) is 27.7 Å². The van der Waals surface area contributed by atoms with Crippen LogP contribution >= 0.6 is 0 Å². The van der Waals surface area contributed by atoms with Gasteiger partial charge in [0.15, 0.2) is 12.8 Å². The Morgan fingerprint density at radius 2 is 1.57 bits per heavy atom. The van der Waals surface area contributed by atoms with E-state index in [-0.39, 0.29) is 11.7 Å². The molecule has 0 saturated heterocycles. The predicted octanol–water partition coefficient (Wildman–Crippen LogP) is 2.58. The summed E-state index contributed by atoms with van der Waals surface area (Å²) in [7, 11) is 0. The molecule has 0 bridgehead atoms. The van der Waals surface area contributed by atoms with Gasteiger partial charge in [-0.05, 0) is 23.6 Å². The Hall–Kier alpha value is -3.67. The summed E-state index contributed by atoms with van der Waals surface area (Å²) in [6.45, 7) is -0.466. The van der Waals surface area contributed by atoms with E-state index in [1.807, 2.05) is 60.7 Å². The maximum absolute atomic E-state index is 12.4. The number of esters is 1. The van der Waals surface area contributed by atoms with Crippen LogP contribution in [-0.2, 0) is 16.0 Å². The molecule has 0 saturated carbocycles. The quantitative estimate of drug-likeness (QED) is 0.390. The van der Waals surface area contributed by atoms with Crippen LogP contribution < -0.4 is 10.0 Å². The van der Waals surface area contributed by atoms with Crippen molar-refractivity contribution in [3.63, 3.8) is 0 Å². The highest BCUT2D eigenvalue weighted by atomic mass is 16.5. The highest BCUT2D eigenvalue weighted by Crippen LogP contribution is 2.18. The maximum atomic E-state index is 12.4. The molecule has 3 aromatic rings. The molecule has 28 heavy (non-hydrogen) atoms. The molecule has 6 nitrogen and oxygen atoms in total. The fourth-order valence-corrected chi connectivity index (χ4v) is 2.81. The summed E-state index contributed by atoms with van der Waals surface area (Å²) >= 11 is 0. The molecule has 0 aliphatic heterocycles. The third-order valence-corrected chi connectivity index (χ3v) is 4.19. The monoisotopic (exact) mass is 376 g/mol. The second kappa shape index (κ2) is 9.32. The van der Waals surface area contributed by atoms with Gasteiger partial charge in [-0.1, -0.05) is 60.7 Å². The first-order valence-corrected chi connectivity index (χ1v) is 8.87. The first-order chi connectivity index (χ1) is 13.6. The highest BCUT2D eigenvalue weighted by molar-refractivity contribution is 5.88. The fourth-order valence-electron chi connectivity index (χ4n) is 2.81. The number of rotatable bonds is 7. The van der Waals surface area contributed by atoms with E-state index in [1.165, 1.54) is 18.3 Å². The van der Waals surface area contributed by atoms with Crippen LogP contribution in [0.2, 0.25) is 0 Å². The molecule has 1 amide bonds. The number of ether oxygens (including phenoxy) is 1. The molecule has 1 N–H and O–H groups in total. The van der Waals surface area contributed by atoms with Gasteiger partial charge >= 0.3 is 11.7 Å². The van der Waals surface area contributed by atoms with E-state index < -0.39 is 18.5 Å². The van der Waals surface area contributed by atoms with Crippen molar-refractivity contribution in [2.75, 3.05) is 6.61 Å². The van der Waals surface area contributed by atoms with Crippen molar-refractivity contribution in [3.05, 3.63) is 107 Å². The third-order valence-electron chi connectivity index (χ3n) is 4.19. The SMILES string of the molecule is O=C(COC(=O)c1cccc[n+]1[O-])N[C@H](Cc1ccccc1)c1ccccc1. The van der Waals surface area contributed by atoms with Gasteiger partial charge < -0.3 is 15.3 Å². The summed E-state index contributed by atoms with van der Waals surface area (Å²) in [6.07, 6.45) is 1.80. The predicted molar refractivity (Wildman–Crippen MR) is 103 cm³/mol. The van der Waals surface area contributed by atoms with E-state index in [0.717, 1.165) is 11.1 Å². The lowest BCUT2D eigenvalue weighted by Crippen LogP contribution is -2.37. The van der Waals surface area contributed by atoms with E-state index in [2.05, 4.69) is 5.32 Å². The van der Waals surface area contributed by atoms with Crippen LogP contribution in [0.4, 0.5) is 0 Å². The molecule has 142 valence electrons. The number of nitrogens with zero attached hydrogens (tertiary/aromatic N) is 1. The molecule has 0 fully saturated rings. The van der Waals surface area contributed by atoms with Crippen molar-refractivity contribution < 1.29 is 19.1 Å². The van der Waals surface area contributed by atoms with Crippen molar-refractivity contribution in [2.24, 2.45) is 0 Å². The number of hydrogen-bond acceptors (Lipinski definition) is 4. The molecule has 0 radical (unpaired) electrons. The lowest BCUT2D eigenvalue weighted by Gasteiger charge is -2.19. The Kier molecular flexibility index (Phi) is 6.36. The maximum Gasteiger partial charge on any atom is 0.405 e. The summed E-state index contributed by atoms with van der Waals surface area (Å²) in [5.41, 5.74) is 1.86. The topological polar surface area (TPSA) is 82.3 Å². The lowest BCUT2D eigenvalue weighted by atomic mass is 9.99. The van der Waals surface area contributed by atoms with Crippen LogP contribution in [0.25, 0.3) is 0 Å². The number of nitrogens with one attached hydrogen (secondary N) is 1. The van der Waals surface area contributed by atoms with Gasteiger partial charge in [0.1, 0.15) is 0 Å². The number of pyridine rings is 1. The van der Waals surface area contributed by atoms with Crippen LogP contribution in [-0.4, -0.2) is 18.5 Å². The largest absolute Gasteiger partial charge is 0.618 e. The smallest absolute Gasteiger partial charge is 0.405 e. The zero-order chi connectivity index (χ0) is 19.8. The summed E-state index contributed by atoms with van der Waals surface area (Å²) < 4.78 is 5.39. The summed E-state index contributed by atoms with van der Waals surface area (Å²) in [4.78, 5) is 24.4. The average molecular weight is 376 g/mol. The van der Waals surface area contributed by atoms with Crippen molar-refractivity contribution in [2.45, 2.75) is 12.5 Å². The molecule has 3 rings (SSSR count). The van der Waals surface area contributed by atoms with Crippen LogP contribution in [0.3, 0.4) is 0 Å². The standard InChI is InChI=1S/C22H20N2O4/c25-21(16-28-22(26)20-13-7-8-14-24(20)27)23-19(18-11-5-2-6-12-18)15-17-9-3-1-4-10-17/h1-14,19H,15-16H2,(H,23,25)/t19-/m1/s1. The normalized spacial score (nSPS) is 11.4. The lowest BCUT2D eigenvalue weighted by molar-refractivity contribution is -0.608. The Bertz CT molecular complexity index is 930. The molecule has 0 aliphatic carbocycles. The molecule has 1 atom stereocenters. The fraction of sp³-hybridized carbons (Fsp3) is 0.136. The Morgan fingerprint density at radius 3 is 2.25 bits per heavy atom. The molecule has 0 spiro atoms. The van der Waals surface area contributed by atoms with Gasteiger partial charge in [-0.2, -0.15) is 4.73 Å². The van der Waals surface area contributed by atoms with E-state index in [4.69, 9.17) is 4.74 Å². The van der Waals surface area contributed by atoms with Gasteiger partial charge in [-0.3, -0.25) is 4.79 Å². The summed E-state index contributed by atoms with van der Waals surface area (Å²) in [6, 6.07) is 23.5. The highest BCUT2D eigenvalue weighted by Gasteiger charge is 2.20. The zero-order valence-corrected chi connectivity index (χ0v) is 15.2. The molecule has 1 aromatic heterocycles. The van der Waals surface area contributed by atoms with Crippen molar-refractivity contribution in [1.29, 1.82) is 0 Å². The van der Waals surface area contributed by atoms with Crippen molar-refractivity contribution in [3.8, 4) is 0 Å².